The third-order valence-electron chi connectivity index (χ3n) is 5.08. The van der Waals surface area contributed by atoms with Crippen LogP contribution in [0.15, 0.2) is 42.5 Å². The van der Waals surface area contributed by atoms with Gasteiger partial charge in [0.05, 0.1) is 18.3 Å². The van der Waals surface area contributed by atoms with Crippen molar-refractivity contribution in [3.8, 4) is 0 Å². The quantitative estimate of drug-likeness (QED) is 0.799. The van der Waals surface area contributed by atoms with Gasteiger partial charge in [0.15, 0.2) is 0 Å². The summed E-state index contributed by atoms with van der Waals surface area (Å²) in [6.07, 6.45) is -1.88. The molecular weight excluding hydrogens is 383 g/mol. The van der Waals surface area contributed by atoms with E-state index in [0.717, 1.165) is 17.7 Å². The van der Waals surface area contributed by atoms with Crippen molar-refractivity contribution in [2.75, 3.05) is 31.6 Å². The monoisotopic (exact) mass is 407 g/mol. The molecule has 0 radical (unpaired) electrons. The average Bonchev–Trinajstić information content (AvgIpc) is 3.10. The Bertz CT molecular complexity index is 851. The molecule has 1 aliphatic heterocycles. The van der Waals surface area contributed by atoms with Crippen LogP contribution in [0.4, 0.5) is 23.7 Å². The maximum atomic E-state index is 14.6. The zero-order valence-corrected chi connectivity index (χ0v) is 16.2. The van der Waals surface area contributed by atoms with E-state index < -0.39 is 29.9 Å². The number of alkyl halides is 1. The molecule has 0 aromatic heterocycles. The molecule has 2 aromatic rings. The molecule has 0 saturated carbocycles. The summed E-state index contributed by atoms with van der Waals surface area (Å²) in [6, 6.07) is 10.5. The van der Waals surface area contributed by atoms with Crippen LogP contribution in [0.25, 0.3) is 0 Å². The summed E-state index contributed by atoms with van der Waals surface area (Å²) in [5, 5.41) is 0. The summed E-state index contributed by atoms with van der Waals surface area (Å²) >= 11 is 0. The van der Waals surface area contributed by atoms with Crippen molar-refractivity contribution in [1.29, 1.82) is 0 Å². The first kappa shape index (κ1) is 21.0. The number of benzene rings is 2. The topological polar surface area (TPSA) is 58.8 Å². The summed E-state index contributed by atoms with van der Waals surface area (Å²) in [5.74, 6) is -1.22. The molecule has 5 nitrogen and oxygen atoms in total. The van der Waals surface area contributed by atoms with Crippen molar-refractivity contribution in [3.05, 3.63) is 65.2 Å². The highest BCUT2D eigenvalue weighted by molar-refractivity contribution is 5.68. The third kappa shape index (κ3) is 4.82. The van der Waals surface area contributed by atoms with E-state index in [1.165, 1.54) is 16.8 Å². The Labute approximate surface area is 167 Å². The molecule has 0 aliphatic carbocycles. The van der Waals surface area contributed by atoms with Crippen molar-refractivity contribution in [1.82, 2.24) is 4.90 Å². The Hall–Kier alpha value is -2.74. The lowest BCUT2D eigenvalue weighted by atomic mass is 10.1. The van der Waals surface area contributed by atoms with Crippen molar-refractivity contribution in [2.45, 2.75) is 25.2 Å². The van der Waals surface area contributed by atoms with Crippen LogP contribution in [0, 0.1) is 11.6 Å². The van der Waals surface area contributed by atoms with E-state index in [-0.39, 0.29) is 43.9 Å². The number of anilines is 1. The Kier molecular flexibility index (Phi) is 6.64. The Morgan fingerprint density at radius 2 is 1.93 bits per heavy atom. The number of rotatable bonds is 6. The summed E-state index contributed by atoms with van der Waals surface area (Å²) in [4.78, 5) is 14.9. The first-order valence-electron chi connectivity index (χ1n) is 9.41. The molecule has 2 atom stereocenters. The zero-order chi connectivity index (χ0) is 21.0. The van der Waals surface area contributed by atoms with E-state index >= 15 is 0 Å². The van der Waals surface area contributed by atoms with Gasteiger partial charge in [-0.05, 0) is 30.2 Å². The molecule has 0 bridgehead atoms. The number of halogens is 3. The van der Waals surface area contributed by atoms with E-state index in [2.05, 4.69) is 0 Å². The molecule has 1 heterocycles. The molecule has 1 aliphatic rings. The molecule has 2 N–H and O–H groups in total. The highest BCUT2D eigenvalue weighted by Crippen LogP contribution is 2.29. The van der Waals surface area contributed by atoms with E-state index in [1.54, 1.807) is 0 Å². The lowest BCUT2D eigenvalue weighted by molar-refractivity contribution is 0.0815. The molecular formula is C21H24F3N3O2. The number of ether oxygens (including phenoxy) is 1. The maximum Gasteiger partial charge on any atom is 0.410 e. The van der Waals surface area contributed by atoms with E-state index in [1.807, 2.05) is 30.3 Å². The lowest BCUT2D eigenvalue weighted by Gasteiger charge is -2.25. The molecule has 3 rings (SSSR count). The fourth-order valence-electron chi connectivity index (χ4n) is 3.43. The fraction of sp³-hybridized carbons (Fsp3) is 0.381. The second-order valence-corrected chi connectivity index (χ2v) is 7.07. The van der Waals surface area contributed by atoms with Gasteiger partial charge in [-0.15, -0.1) is 0 Å². The number of hydrogen-bond acceptors (Lipinski definition) is 4. The van der Waals surface area contributed by atoms with Crippen LogP contribution >= 0.6 is 0 Å². The predicted octanol–water partition coefficient (Wildman–Crippen LogP) is 3.26. The molecule has 0 unspecified atom stereocenters. The molecule has 156 valence electrons. The van der Waals surface area contributed by atoms with E-state index in [9.17, 15) is 18.0 Å². The predicted molar refractivity (Wildman–Crippen MR) is 104 cm³/mol. The van der Waals surface area contributed by atoms with Crippen LogP contribution < -0.4 is 10.6 Å². The van der Waals surface area contributed by atoms with Gasteiger partial charge < -0.3 is 20.3 Å². The van der Waals surface area contributed by atoms with Crippen molar-refractivity contribution in [2.24, 2.45) is 5.73 Å². The van der Waals surface area contributed by atoms with Gasteiger partial charge in [0.1, 0.15) is 24.4 Å². The lowest BCUT2D eigenvalue weighted by Crippen LogP contribution is -2.43. The van der Waals surface area contributed by atoms with Crippen LogP contribution in [0.2, 0.25) is 0 Å². The standard InChI is InChI=1S/C21H24F3N3O2/c1-26(21(28)29-13-14-5-3-2-4-6-14)20-12-27(11-18(20)24)19-10-16(22)15(7-8-25)9-17(19)23/h2-6,9-10,18,20H,7-8,11-13,25H2,1H3/t18-,20+/m0/s1. The largest absolute Gasteiger partial charge is 0.445 e. The van der Waals surface area contributed by atoms with E-state index in [0.29, 0.717) is 0 Å². The van der Waals surface area contributed by atoms with Crippen LogP contribution in [-0.2, 0) is 17.8 Å². The van der Waals surface area contributed by atoms with Gasteiger partial charge in [0.2, 0.25) is 0 Å². The number of carbonyl (C=O) groups is 1. The highest BCUT2D eigenvalue weighted by Gasteiger charge is 2.39. The maximum absolute atomic E-state index is 14.6. The smallest absolute Gasteiger partial charge is 0.410 e. The van der Waals surface area contributed by atoms with Crippen LogP contribution in [0.1, 0.15) is 11.1 Å². The number of carbonyl (C=O) groups excluding carboxylic acids is 1. The summed E-state index contributed by atoms with van der Waals surface area (Å²) in [6.45, 7) is 0.155. The minimum Gasteiger partial charge on any atom is -0.445 e. The summed E-state index contributed by atoms with van der Waals surface area (Å²) in [5.41, 5.74) is 6.37. The number of hydrogen-bond donors (Lipinski definition) is 1. The highest BCUT2D eigenvalue weighted by atomic mass is 19.1. The average molecular weight is 407 g/mol. The third-order valence-corrected chi connectivity index (χ3v) is 5.08. The van der Waals surface area contributed by atoms with Gasteiger partial charge in [0.25, 0.3) is 0 Å². The van der Waals surface area contributed by atoms with Crippen molar-refractivity contribution < 1.29 is 22.7 Å². The number of likely N-dealkylation sites (N-methyl/N-ethyl adjacent to an activating group) is 1. The van der Waals surface area contributed by atoms with Crippen molar-refractivity contribution in [3.63, 3.8) is 0 Å². The minimum atomic E-state index is -1.42. The molecule has 0 spiro atoms. The van der Waals surface area contributed by atoms with Crippen LogP contribution in [0.5, 0.6) is 0 Å². The number of amides is 1. The fourth-order valence-corrected chi connectivity index (χ4v) is 3.43. The van der Waals surface area contributed by atoms with Crippen molar-refractivity contribution >= 4 is 11.8 Å². The summed E-state index contributed by atoms with van der Waals surface area (Å²) in [7, 11) is 1.44. The Morgan fingerprint density at radius 1 is 1.21 bits per heavy atom. The molecule has 1 amide bonds. The molecule has 29 heavy (non-hydrogen) atoms. The number of nitrogens with two attached hydrogens (primary N) is 1. The molecule has 2 aromatic carbocycles. The second-order valence-electron chi connectivity index (χ2n) is 7.07. The molecule has 8 heteroatoms. The number of nitrogens with zero attached hydrogens (tertiary/aromatic N) is 2. The Morgan fingerprint density at radius 3 is 2.62 bits per heavy atom. The van der Waals surface area contributed by atoms with Crippen LogP contribution in [0.3, 0.4) is 0 Å². The second kappa shape index (κ2) is 9.17. The van der Waals surface area contributed by atoms with E-state index in [4.69, 9.17) is 10.5 Å². The van der Waals surface area contributed by atoms with Gasteiger partial charge in [0, 0.05) is 19.7 Å². The minimum absolute atomic E-state index is 0.0283. The SMILES string of the molecule is CN(C(=O)OCc1ccccc1)[C@@H]1CN(c2cc(F)c(CCN)cc2F)C[C@@H]1F. The van der Waals surface area contributed by atoms with Gasteiger partial charge in [-0.3, -0.25) is 0 Å². The summed E-state index contributed by atoms with van der Waals surface area (Å²) < 4.78 is 48.5. The molecule has 1 saturated heterocycles. The van der Waals surface area contributed by atoms with Gasteiger partial charge in [-0.2, -0.15) is 0 Å². The Balaban J connectivity index is 1.65. The zero-order valence-electron chi connectivity index (χ0n) is 16.2. The first-order chi connectivity index (χ1) is 13.9. The normalized spacial score (nSPS) is 18.7. The van der Waals surface area contributed by atoms with Gasteiger partial charge >= 0.3 is 6.09 Å². The van der Waals surface area contributed by atoms with Gasteiger partial charge in [-0.25, -0.2) is 18.0 Å². The van der Waals surface area contributed by atoms with Crippen LogP contribution in [-0.4, -0.2) is 49.9 Å². The van der Waals surface area contributed by atoms with Gasteiger partial charge in [-0.1, -0.05) is 30.3 Å². The molecule has 1 fully saturated rings. The first-order valence-corrected chi connectivity index (χ1v) is 9.41.